The summed E-state index contributed by atoms with van der Waals surface area (Å²) in [6, 6.07) is 7.58. The lowest BCUT2D eigenvalue weighted by atomic mass is 10.1. The predicted molar refractivity (Wildman–Crippen MR) is 107 cm³/mol. The first-order valence-electron chi connectivity index (χ1n) is 9.65. The quantitative estimate of drug-likeness (QED) is 0.658. The third-order valence-electron chi connectivity index (χ3n) is 5.18. The zero-order valence-corrected chi connectivity index (χ0v) is 16.4. The zero-order valence-electron chi connectivity index (χ0n) is 16.4. The van der Waals surface area contributed by atoms with Crippen LogP contribution in [0.25, 0.3) is 11.1 Å². The van der Waals surface area contributed by atoms with E-state index < -0.39 is 0 Å². The van der Waals surface area contributed by atoms with E-state index >= 15 is 0 Å². The normalized spacial score (nSPS) is 18.1. The van der Waals surface area contributed by atoms with Gasteiger partial charge in [0.1, 0.15) is 5.82 Å². The maximum Gasteiger partial charge on any atom is 0.250 e. The van der Waals surface area contributed by atoms with Crippen LogP contribution in [0.4, 0.5) is 0 Å². The summed E-state index contributed by atoms with van der Waals surface area (Å²) in [5.41, 5.74) is 3.97. The number of hydrogen-bond acceptors (Lipinski definition) is 5. The van der Waals surface area contributed by atoms with Gasteiger partial charge in [0.25, 0.3) is 5.56 Å². The Kier molecular flexibility index (Phi) is 4.94. The van der Waals surface area contributed by atoms with Crippen molar-refractivity contribution in [2.75, 3.05) is 6.61 Å². The van der Waals surface area contributed by atoms with Crippen molar-refractivity contribution in [3.05, 3.63) is 70.3 Å². The summed E-state index contributed by atoms with van der Waals surface area (Å²) in [6.45, 7) is 7.05. The summed E-state index contributed by atoms with van der Waals surface area (Å²) in [4.78, 5) is 25.2. The first-order valence-corrected chi connectivity index (χ1v) is 9.65. The summed E-state index contributed by atoms with van der Waals surface area (Å²) in [7, 11) is 0. The van der Waals surface area contributed by atoms with E-state index in [0.717, 1.165) is 23.2 Å². The van der Waals surface area contributed by atoms with E-state index in [1.165, 1.54) is 5.56 Å². The number of ether oxygens (including phenoxy) is 1. The van der Waals surface area contributed by atoms with Gasteiger partial charge in [-0.3, -0.25) is 9.78 Å². The molecule has 1 saturated carbocycles. The molecule has 0 aromatic carbocycles. The van der Waals surface area contributed by atoms with Gasteiger partial charge in [0, 0.05) is 54.3 Å². The van der Waals surface area contributed by atoms with Crippen LogP contribution in [-0.4, -0.2) is 26.1 Å². The van der Waals surface area contributed by atoms with Crippen molar-refractivity contribution in [2.45, 2.75) is 39.7 Å². The van der Waals surface area contributed by atoms with Crippen LogP contribution in [0.3, 0.4) is 0 Å². The number of aromatic nitrogens is 4. The lowest BCUT2D eigenvalue weighted by Gasteiger charge is -2.12. The third-order valence-corrected chi connectivity index (χ3v) is 5.18. The summed E-state index contributed by atoms with van der Waals surface area (Å²) in [6.07, 6.45) is 6.60. The molecule has 28 heavy (non-hydrogen) atoms. The van der Waals surface area contributed by atoms with E-state index in [9.17, 15) is 4.79 Å². The Morgan fingerprint density at radius 1 is 1.14 bits per heavy atom. The Balaban J connectivity index is 1.52. The maximum atomic E-state index is 11.9. The Morgan fingerprint density at radius 3 is 2.75 bits per heavy atom. The summed E-state index contributed by atoms with van der Waals surface area (Å²) < 4.78 is 7.77. The Morgan fingerprint density at radius 2 is 2.00 bits per heavy atom. The summed E-state index contributed by atoms with van der Waals surface area (Å²) in [5, 5.41) is 0. The minimum atomic E-state index is -0.0202. The molecule has 6 nitrogen and oxygen atoms in total. The van der Waals surface area contributed by atoms with Crippen LogP contribution in [0.15, 0.2) is 47.7 Å². The van der Waals surface area contributed by atoms with E-state index in [-0.39, 0.29) is 5.56 Å². The van der Waals surface area contributed by atoms with Crippen molar-refractivity contribution in [2.24, 2.45) is 5.92 Å². The van der Waals surface area contributed by atoms with Gasteiger partial charge in [-0.2, -0.15) is 4.98 Å². The molecule has 0 radical (unpaired) electrons. The van der Waals surface area contributed by atoms with Gasteiger partial charge in [0.15, 0.2) is 0 Å². The van der Waals surface area contributed by atoms with Gasteiger partial charge >= 0.3 is 0 Å². The molecule has 0 saturated heterocycles. The van der Waals surface area contributed by atoms with Crippen molar-refractivity contribution >= 4 is 0 Å². The molecule has 0 bridgehead atoms. The summed E-state index contributed by atoms with van der Waals surface area (Å²) >= 11 is 0. The van der Waals surface area contributed by atoms with Crippen LogP contribution in [0.5, 0.6) is 5.88 Å². The highest BCUT2D eigenvalue weighted by Gasteiger charge is 2.40. The predicted octanol–water partition coefficient (Wildman–Crippen LogP) is 3.52. The molecule has 4 rings (SSSR count). The van der Waals surface area contributed by atoms with E-state index in [2.05, 4.69) is 27.1 Å². The van der Waals surface area contributed by atoms with Crippen LogP contribution in [0.2, 0.25) is 0 Å². The van der Waals surface area contributed by atoms with Gasteiger partial charge in [-0.15, -0.1) is 0 Å². The fourth-order valence-electron chi connectivity index (χ4n) is 3.37. The van der Waals surface area contributed by atoms with Crippen molar-refractivity contribution in [1.82, 2.24) is 19.5 Å². The molecule has 2 atom stereocenters. The highest BCUT2D eigenvalue weighted by atomic mass is 16.5. The maximum absolute atomic E-state index is 11.9. The largest absolute Gasteiger partial charge is 0.477 e. The molecule has 1 fully saturated rings. The van der Waals surface area contributed by atoms with E-state index in [0.29, 0.717) is 36.7 Å². The van der Waals surface area contributed by atoms with Gasteiger partial charge < -0.3 is 9.30 Å². The fourth-order valence-corrected chi connectivity index (χ4v) is 3.37. The highest BCUT2D eigenvalue weighted by Crippen LogP contribution is 2.47. The van der Waals surface area contributed by atoms with Crippen LogP contribution in [-0.2, 0) is 6.54 Å². The molecule has 0 spiro atoms. The number of rotatable bonds is 6. The molecular weight excluding hydrogens is 352 g/mol. The number of aryl methyl sites for hydroxylation is 3. The smallest absolute Gasteiger partial charge is 0.250 e. The van der Waals surface area contributed by atoms with Crippen LogP contribution < -0.4 is 10.3 Å². The van der Waals surface area contributed by atoms with Crippen LogP contribution in [0.1, 0.15) is 36.3 Å². The average Bonchev–Trinajstić information content (AvgIpc) is 3.47. The van der Waals surface area contributed by atoms with Crippen molar-refractivity contribution in [3.63, 3.8) is 0 Å². The van der Waals surface area contributed by atoms with Gasteiger partial charge in [-0.05, 0) is 44.9 Å². The van der Waals surface area contributed by atoms with E-state index in [1.54, 1.807) is 22.9 Å². The molecule has 0 amide bonds. The molecule has 2 unspecified atom stereocenters. The average molecular weight is 376 g/mol. The van der Waals surface area contributed by atoms with Gasteiger partial charge in [-0.25, -0.2) is 4.98 Å². The Hall–Kier alpha value is -3.02. The second-order valence-corrected chi connectivity index (χ2v) is 7.35. The van der Waals surface area contributed by atoms with Crippen molar-refractivity contribution in [3.8, 4) is 17.0 Å². The molecule has 3 aromatic rings. The van der Waals surface area contributed by atoms with E-state index in [1.807, 2.05) is 33.2 Å². The van der Waals surface area contributed by atoms with Crippen molar-refractivity contribution in [1.29, 1.82) is 0 Å². The highest BCUT2D eigenvalue weighted by molar-refractivity contribution is 5.66. The minimum absolute atomic E-state index is 0.0202. The molecule has 144 valence electrons. The molecule has 1 aliphatic carbocycles. The second kappa shape index (κ2) is 7.54. The Bertz CT molecular complexity index is 1040. The monoisotopic (exact) mass is 376 g/mol. The van der Waals surface area contributed by atoms with Crippen LogP contribution in [0, 0.1) is 19.8 Å². The molecule has 0 aliphatic heterocycles. The topological polar surface area (TPSA) is 69.9 Å². The van der Waals surface area contributed by atoms with E-state index in [4.69, 9.17) is 4.74 Å². The SMILES string of the molecule is CCn1cc(-c2cnc(C)nc2OCC2CC2c2ccc(C)cn2)ccc1=O. The number of nitrogens with zero attached hydrogens (tertiary/aromatic N) is 4. The fraction of sp³-hybridized carbons (Fsp3) is 0.364. The van der Waals surface area contributed by atoms with Gasteiger partial charge in [-0.1, -0.05) is 6.07 Å². The number of pyridine rings is 2. The van der Waals surface area contributed by atoms with Gasteiger partial charge in [0.2, 0.25) is 5.88 Å². The standard InChI is InChI=1S/C22H24N4O2/c1-4-26-12-16(6-8-21(26)27)19-11-23-15(3)25-22(19)28-13-17-9-18(17)20-7-5-14(2)10-24-20/h5-8,10-12,17-18H,4,9,13H2,1-3H3. The molecule has 0 N–H and O–H groups in total. The lowest BCUT2D eigenvalue weighted by molar-refractivity contribution is 0.285. The molecular formula is C22H24N4O2. The second-order valence-electron chi connectivity index (χ2n) is 7.35. The first kappa shape index (κ1) is 18.3. The number of hydrogen-bond donors (Lipinski definition) is 0. The Labute approximate surface area is 164 Å². The molecule has 6 heteroatoms. The molecule has 1 aliphatic rings. The van der Waals surface area contributed by atoms with Crippen molar-refractivity contribution < 1.29 is 4.74 Å². The molecule has 3 aromatic heterocycles. The molecule has 3 heterocycles. The minimum Gasteiger partial charge on any atom is -0.477 e. The van der Waals surface area contributed by atoms with Crippen LogP contribution >= 0.6 is 0 Å². The summed E-state index contributed by atoms with van der Waals surface area (Å²) in [5.74, 6) is 2.13. The lowest BCUT2D eigenvalue weighted by Crippen LogP contribution is -2.17. The zero-order chi connectivity index (χ0) is 19.7. The third kappa shape index (κ3) is 3.81. The van der Waals surface area contributed by atoms with Gasteiger partial charge in [0.05, 0.1) is 12.2 Å². The first-order chi connectivity index (χ1) is 13.5.